The van der Waals surface area contributed by atoms with Crippen molar-refractivity contribution in [2.75, 3.05) is 0 Å². The van der Waals surface area contributed by atoms with Crippen LogP contribution in [0.2, 0.25) is 0 Å². The van der Waals surface area contributed by atoms with Crippen LogP contribution in [0.4, 0.5) is 4.39 Å². The van der Waals surface area contributed by atoms with Crippen LogP contribution in [-0.4, -0.2) is 9.78 Å². The number of hydrogen-bond donors (Lipinski definition) is 1. The Labute approximate surface area is 100 Å². The molecular weight excluding hydrogens is 217 g/mol. The summed E-state index contributed by atoms with van der Waals surface area (Å²) in [7, 11) is 0. The molecule has 3 nitrogen and oxygen atoms in total. The Hall–Kier alpha value is -1.68. The second kappa shape index (κ2) is 4.67. The standard InChI is InChI=1S/C13H16FN3/c1-9(2)12(15)11-8-16-17(13(11)14)10-6-4-3-5-7-10/h3-9,12H,15H2,1-2H3. The highest BCUT2D eigenvalue weighted by molar-refractivity contribution is 5.32. The molecule has 0 fully saturated rings. The Morgan fingerprint density at radius 2 is 1.88 bits per heavy atom. The van der Waals surface area contributed by atoms with Crippen molar-refractivity contribution in [3.05, 3.63) is 48.0 Å². The van der Waals surface area contributed by atoms with Gasteiger partial charge in [0.15, 0.2) is 0 Å². The zero-order valence-electron chi connectivity index (χ0n) is 9.97. The van der Waals surface area contributed by atoms with Crippen LogP contribution >= 0.6 is 0 Å². The molecule has 0 radical (unpaired) electrons. The van der Waals surface area contributed by atoms with Crippen LogP contribution in [-0.2, 0) is 0 Å². The SMILES string of the molecule is CC(C)C(N)c1cnn(-c2ccccc2)c1F. The summed E-state index contributed by atoms with van der Waals surface area (Å²) in [6, 6.07) is 8.86. The van der Waals surface area contributed by atoms with Gasteiger partial charge in [-0.25, -0.2) is 4.68 Å². The predicted octanol–water partition coefficient (Wildman–Crippen LogP) is 2.67. The minimum atomic E-state index is -0.377. The Kier molecular flexibility index (Phi) is 3.24. The van der Waals surface area contributed by atoms with E-state index in [1.165, 1.54) is 10.9 Å². The Morgan fingerprint density at radius 1 is 1.24 bits per heavy atom. The minimum absolute atomic E-state index is 0.179. The molecule has 0 aliphatic carbocycles. The van der Waals surface area contributed by atoms with Gasteiger partial charge in [0.1, 0.15) is 0 Å². The maximum Gasteiger partial charge on any atom is 0.221 e. The number of hydrogen-bond acceptors (Lipinski definition) is 2. The number of nitrogens with zero attached hydrogens (tertiary/aromatic N) is 2. The fourth-order valence-corrected chi connectivity index (χ4v) is 1.68. The van der Waals surface area contributed by atoms with E-state index in [2.05, 4.69) is 5.10 Å². The lowest BCUT2D eigenvalue weighted by Crippen LogP contribution is -2.17. The molecule has 0 bridgehead atoms. The Morgan fingerprint density at radius 3 is 2.47 bits per heavy atom. The van der Waals surface area contributed by atoms with Crippen LogP contribution < -0.4 is 5.73 Å². The van der Waals surface area contributed by atoms with Gasteiger partial charge in [-0.3, -0.25) is 0 Å². The van der Waals surface area contributed by atoms with Gasteiger partial charge in [0.2, 0.25) is 5.95 Å². The van der Waals surface area contributed by atoms with Gasteiger partial charge in [0, 0.05) is 11.6 Å². The highest BCUT2D eigenvalue weighted by Crippen LogP contribution is 2.22. The van der Waals surface area contributed by atoms with E-state index in [-0.39, 0.29) is 17.9 Å². The molecule has 2 N–H and O–H groups in total. The third kappa shape index (κ3) is 2.22. The molecular formula is C13H16FN3. The highest BCUT2D eigenvalue weighted by atomic mass is 19.1. The molecule has 1 atom stereocenters. The van der Waals surface area contributed by atoms with E-state index < -0.39 is 0 Å². The van der Waals surface area contributed by atoms with Crippen molar-refractivity contribution < 1.29 is 4.39 Å². The summed E-state index contributed by atoms with van der Waals surface area (Å²) >= 11 is 0. The number of aromatic nitrogens is 2. The van der Waals surface area contributed by atoms with E-state index in [1.54, 1.807) is 12.1 Å². The van der Waals surface area contributed by atoms with Crippen LogP contribution in [0.15, 0.2) is 36.5 Å². The van der Waals surface area contributed by atoms with Gasteiger partial charge in [-0.15, -0.1) is 0 Å². The van der Waals surface area contributed by atoms with Crippen LogP contribution in [0.1, 0.15) is 25.5 Å². The van der Waals surface area contributed by atoms with Gasteiger partial charge < -0.3 is 5.73 Å². The second-order valence-electron chi connectivity index (χ2n) is 4.41. The number of nitrogens with two attached hydrogens (primary N) is 1. The molecule has 90 valence electrons. The van der Waals surface area contributed by atoms with Crippen molar-refractivity contribution >= 4 is 0 Å². The van der Waals surface area contributed by atoms with Crippen molar-refractivity contribution in [2.45, 2.75) is 19.9 Å². The van der Waals surface area contributed by atoms with E-state index in [0.717, 1.165) is 0 Å². The zero-order valence-corrected chi connectivity index (χ0v) is 9.97. The van der Waals surface area contributed by atoms with Crippen molar-refractivity contribution in [3.63, 3.8) is 0 Å². The van der Waals surface area contributed by atoms with Crippen LogP contribution in [0, 0.1) is 11.9 Å². The van der Waals surface area contributed by atoms with Crippen LogP contribution in [0.3, 0.4) is 0 Å². The molecule has 0 aliphatic heterocycles. The summed E-state index contributed by atoms with van der Waals surface area (Å²) in [6.45, 7) is 3.92. The van der Waals surface area contributed by atoms with Gasteiger partial charge >= 0.3 is 0 Å². The quantitative estimate of drug-likeness (QED) is 0.885. The third-order valence-electron chi connectivity index (χ3n) is 2.81. The molecule has 2 aromatic rings. The second-order valence-corrected chi connectivity index (χ2v) is 4.41. The van der Waals surface area contributed by atoms with Crippen molar-refractivity contribution in [1.29, 1.82) is 0 Å². The molecule has 0 amide bonds. The fraction of sp³-hybridized carbons (Fsp3) is 0.308. The van der Waals surface area contributed by atoms with Gasteiger partial charge in [-0.1, -0.05) is 32.0 Å². The number of para-hydroxylation sites is 1. The Balaban J connectivity index is 2.40. The topological polar surface area (TPSA) is 43.8 Å². The average Bonchev–Trinajstić information content (AvgIpc) is 2.71. The summed E-state index contributed by atoms with van der Waals surface area (Å²) in [5, 5.41) is 4.05. The van der Waals surface area contributed by atoms with E-state index in [0.29, 0.717) is 11.3 Å². The van der Waals surface area contributed by atoms with E-state index >= 15 is 0 Å². The molecule has 17 heavy (non-hydrogen) atoms. The van der Waals surface area contributed by atoms with Gasteiger partial charge in [0.25, 0.3) is 0 Å². The molecule has 0 saturated carbocycles. The molecule has 1 unspecified atom stereocenters. The minimum Gasteiger partial charge on any atom is -0.324 e. The maximum atomic E-state index is 14.1. The monoisotopic (exact) mass is 233 g/mol. The lowest BCUT2D eigenvalue weighted by molar-refractivity contribution is 0.466. The summed E-state index contributed by atoms with van der Waals surface area (Å²) < 4.78 is 15.4. The summed E-state index contributed by atoms with van der Waals surface area (Å²) in [4.78, 5) is 0. The number of benzene rings is 1. The van der Waals surface area contributed by atoms with Crippen LogP contribution in [0.5, 0.6) is 0 Å². The normalized spacial score (nSPS) is 13.0. The molecule has 0 saturated heterocycles. The first-order valence-electron chi connectivity index (χ1n) is 5.65. The molecule has 2 rings (SSSR count). The summed E-state index contributed by atoms with van der Waals surface area (Å²) in [5.41, 5.74) is 7.10. The maximum absolute atomic E-state index is 14.1. The molecule has 1 aromatic heterocycles. The van der Waals surface area contributed by atoms with Gasteiger partial charge in [-0.2, -0.15) is 9.49 Å². The molecule has 1 aromatic carbocycles. The van der Waals surface area contributed by atoms with Crippen molar-refractivity contribution in [3.8, 4) is 5.69 Å². The highest BCUT2D eigenvalue weighted by Gasteiger charge is 2.19. The fourth-order valence-electron chi connectivity index (χ4n) is 1.68. The first-order valence-corrected chi connectivity index (χ1v) is 5.65. The van der Waals surface area contributed by atoms with Gasteiger partial charge in [0.05, 0.1) is 11.9 Å². The molecule has 1 heterocycles. The van der Waals surface area contributed by atoms with Gasteiger partial charge in [-0.05, 0) is 18.1 Å². The number of halogens is 1. The summed E-state index contributed by atoms with van der Waals surface area (Å²) in [5.74, 6) is -0.199. The van der Waals surface area contributed by atoms with E-state index in [4.69, 9.17) is 5.73 Å². The zero-order chi connectivity index (χ0) is 12.4. The van der Waals surface area contributed by atoms with Crippen molar-refractivity contribution in [2.24, 2.45) is 11.7 Å². The number of rotatable bonds is 3. The van der Waals surface area contributed by atoms with E-state index in [1.807, 2.05) is 32.0 Å². The van der Waals surface area contributed by atoms with Crippen molar-refractivity contribution in [1.82, 2.24) is 9.78 Å². The molecule has 0 aliphatic rings. The first kappa shape index (κ1) is 11.8. The predicted molar refractivity (Wildman–Crippen MR) is 65.3 cm³/mol. The lowest BCUT2D eigenvalue weighted by Gasteiger charge is -2.13. The largest absolute Gasteiger partial charge is 0.324 e. The third-order valence-corrected chi connectivity index (χ3v) is 2.81. The average molecular weight is 233 g/mol. The first-order chi connectivity index (χ1) is 8.11. The van der Waals surface area contributed by atoms with Crippen LogP contribution in [0.25, 0.3) is 5.69 Å². The molecule has 4 heteroatoms. The molecule has 0 spiro atoms. The smallest absolute Gasteiger partial charge is 0.221 e. The Bertz CT molecular complexity index is 491. The van der Waals surface area contributed by atoms with E-state index in [9.17, 15) is 4.39 Å². The lowest BCUT2D eigenvalue weighted by atomic mass is 10.00. The summed E-state index contributed by atoms with van der Waals surface area (Å²) in [6.07, 6.45) is 1.51.